The van der Waals surface area contributed by atoms with Gasteiger partial charge in [0, 0.05) is 73.0 Å². The summed E-state index contributed by atoms with van der Waals surface area (Å²) in [6, 6.07) is 11.9. The van der Waals surface area contributed by atoms with Gasteiger partial charge in [-0.15, -0.1) is 25.7 Å². The van der Waals surface area contributed by atoms with E-state index in [1.54, 1.807) is 50.3 Å². The summed E-state index contributed by atoms with van der Waals surface area (Å²) in [7, 11) is 6.84. The third-order valence-electron chi connectivity index (χ3n) is 7.58. The van der Waals surface area contributed by atoms with Gasteiger partial charge in [-0.25, -0.2) is 5.06 Å². The van der Waals surface area contributed by atoms with Crippen molar-refractivity contribution in [3.05, 3.63) is 84.4 Å². The monoisotopic (exact) mass is 907 g/mol. The molecule has 0 bridgehead atoms. The summed E-state index contributed by atoms with van der Waals surface area (Å²) in [5.41, 5.74) is 6.49. The smallest absolute Gasteiger partial charge is 0.290 e. The molecule has 0 atom stereocenters. The van der Waals surface area contributed by atoms with Crippen molar-refractivity contribution in [3.63, 3.8) is 0 Å². The predicted molar refractivity (Wildman–Crippen MR) is 272 cm³/mol. The standard InChI is InChI=1S/C36H50N8O3S.2C3H8.C2H6O.2C2H2.CH2O2/c1-8-16-42(36(46)23-37-6)18-15-39-22-31(38-7)28-12-14-34-33(19-28)44(47)32-13-11-29(20-35(32)48-34)30(10-3)41-26(4)24-43(17-9-2)27(5)21-40-25-45;3*1-3-2;2*1-2;2-1-3/h10-15,19-20,22,25,37-38,41,47H,4-5,8-9,16-18,21,23-24H2,1-3,6-7H3,(H,40,45);2*3H2,1-2H3;1-2H3;2*1-2H;1H,(H,2,3)/b30-10-,31-22-,39-15?;;;;;;. The number of likely N-dealkylation sites (N-methyl/N-ethyl adjacent to an activating group) is 1. The molecule has 14 nitrogen and oxygen atoms in total. The first-order valence-corrected chi connectivity index (χ1v) is 21.8. The van der Waals surface area contributed by atoms with Gasteiger partial charge in [0.25, 0.3) is 6.47 Å². The summed E-state index contributed by atoms with van der Waals surface area (Å²) in [5, 5.41) is 31.7. The molecule has 1 aliphatic rings. The molecule has 15 heteroatoms. The second kappa shape index (κ2) is 43.7. The van der Waals surface area contributed by atoms with Crippen LogP contribution in [-0.2, 0) is 19.1 Å². The summed E-state index contributed by atoms with van der Waals surface area (Å²) in [5.74, 6) is 0.0387. The Morgan fingerprint density at radius 3 is 1.89 bits per heavy atom. The second-order valence-corrected chi connectivity index (χ2v) is 14.2. The molecule has 356 valence electrons. The van der Waals surface area contributed by atoms with Crippen LogP contribution in [0, 0.1) is 25.7 Å². The van der Waals surface area contributed by atoms with Gasteiger partial charge in [0.05, 0.1) is 49.5 Å². The number of allylic oxidation sites excluding steroid dienone is 1. The average Bonchev–Trinajstić information content (AvgIpc) is 3.29. The second-order valence-electron chi connectivity index (χ2n) is 13.1. The van der Waals surface area contributed by atoms with E-state index in [1.807, 2.05) is 57.3 Å². The third-order valence-corrected chi connectivity index (χ3v) is 8.70. The zero-order valence-corrected chi connectivity index (χ0v) is 41.2. The zero-order valence-electron chi connectivity index (χ0n) is 40.4. The van der Waals surface area contributed by atoms with Crippen LogP contribution in [0.5, 0.6) is 0 Å². The highest BCUT2D eigenvalue weighted by molar-refractivity contribution is 7.99. The number of carbonyl (C=O) groups excluding carboxylic acids is 2. The molecule has 3 rings (SSSR count). The largest absolute Gasteiger partial charge is 0.483 e. The van der Waals surface area contributed by atoms with Gasteiger partial charge in [-0.1, -0.05) is 97.5 Å². The van der Waals surface area contributed by atoms with E-state index in [0.29, 0.717) is 50.5 Å². The number of rotatable bonds is 20. The molecule has 0 saturated carbocycles. The molecule has 1 aliphatic heterocycles. The number of hydrogen-bond acceptors (Lipinski definition) is 12. The van der Waals surface area contributed by atoms with Gasteiger partial charge < -0.3 is 40.9 Å². The van der Waals surface area contributed by atoms with Gasteiger partial charge in [-0.3, -0.25) is 24.6 Å². The number of carbonyl (C=O) groups is 3. The van der Waals surface area contributed by atoms with Crippen LogP contribution in [0.25, 0.3) is 11.4 Å². The Bertz CT molecular complexity index is 1730. The Morgan fingerprint density at radius 1 is 0.859 bits per heavy atom. The van der Waals surface area contributed by atoms with E-state index in [-0.39, 0.29) is 12.4 Å². The highest BCUT2D eigenvalue weighted by Gasteiger charge is 2.24. The lowest BCUT2D eigenvalue weighted by atomic mass is 10.1. The number of hydrogen-bond donors (Lipinski definition) is 6. The number of nitrogens with zero attached hydrogens (tertiary/aromatic N) is 4. The van der Waals surface area contributed by atoms with Crippen LogP contribution in [0.1, 0.15) is 85.3 Å². The van der Waals surface area contributed by atoms with Crippen LogP contribution in [-0.4, -0.2) is 113 Å². The van der Waals surface area contributed by atoms with E-state index >= 15 is 0 Å². The maximum Gasteiger partial charge on any atom is 0.290 e. The molecule has 6 N–H and O–H groups in total. The van der Waals surface area contributed by atoms with Gasteiger partial charge in [-0.05, 0) is 56.6 Å². The zero-order chi connectivity index (χ0) is 49.9. The molecular formula is C49H78N8O6S. The van der Waals surface area contributed by atoms with Gasteiger partial charge in [-0.2, -0.15) is 0 Å². The number of aliphatic imine (C=N–C) groups is 1. The van der Waals surface area contributed by atoms with E-state index < -0.39 is 0 Å². The van der Waals surface area contributed by atoms with Crippen LogP contribution in [0.2, 0.25) is 0 Å². The van der Waals surface area contributed by atoms with Crippen LogP contribution in [0.4, 0.5) is 11.4 Å². The number of terminal acetylenes is 2. The number of anilines is 2. The molecule has 2 aromatic carbocycles. The van der Waals surface area contributed by atoms with Gasteiger partial charge >= 0.3 is 0 Å². The molecule has 2 amide bonds. The summed E-state index contributed by atoms with van der Waals surface area (Å²) >= 11 is 1.59. The minimum absolute atomic E-state index is 0.0387. The first-order valence-electron chi connectivity index (χ1n) is 21.0. The molecule has 0 aromatic heterocycles. The van der Waals surface area contributed by atoms with Crippen molar-refractivity contribution in [1.29, 1.82) is 0 Å². The number of methoxy groups -OCH3 is 1. The number of ether oxygens (including phenoxy) is 1. The molecule has 0 saturated heterocycles. The Hall–Kier alpha value is -5.97. The SMILES string of the molecule is C#C.C#C.C=C(CN(CCC)C(=C)CNC=O)N/C(=C\C)c1ccc2c(c1)Sc1ccc(/C(=C/N=CCN(CCC)C(=O)CNC)NC)cc1N2O.CCC.CCC.COC.O=CO. The summed E-state index contributed by atoms with van der Waals surface area (Å²) in [4.78, 5) is 41.6. The average molecular weight is 907 g/mol. The Labute approximate surface area is 390 Å². The fourth-order valence-electron chi connectivity index (χ4n) is 5.19. The van der Waals surface area contributed by atoms with Crippen molar-refractivity contribution in [2.24, 2.45) is 4.99 Å². The van der Waals surface area contributed by atoms with Gasteiger partial charge in [0.1, 0.15) is 0 Å². The van der Waals surface area contributed by atoms with E-state index in [4.69, 9.17) is 9.90 Å². The number of carboxylic acid groups (broad SMARTS) is 1. The Kier molecular flexibility index (Phi) is 44.1. The van der Waals surface area contributed by atoms with Gasteiger partial charge in [0.15, 0.2) is 0 Å². The topological polar surface area (TPSA) is 171 Å². The number of nitrogens with one attached hydrogen (secondary N) is 4. The molecule has 0 fully saturated rings. The maximum absolute atomic E-state index is 12.3. The van der Waals surface area contributed by atoms with Crippen molar-refractivity contribution in [2.75, 3.05) is 72.6 Å². The van der Waals surface area contributed by atoms with Crippen LogP contribution in [0.15, 0.2) is 88.0 Å². The van der Waals surface area contributed by atoms with Gasteiger partial charge in [0.2, 0.25) is 12.3 Å². The number of amides is 2. The van der Waals surface area contributed by atoms with Crippen molar-refractivity contribution in [3.8, 4) is 25.7 Å². The quantitative estimate of drug-likeness (QED) is 0.0427. The highest BCUT2D eigenvalue weighted by Crippen LogP contribution is 2.48. The Morgan fingerprint density at radius 2 is 1.39 bits per heavy atom. The number of benzene rings is 2. The molecule has 2 aromatic rings. The fraction of sp³-hybridized carbons (Fsp3) is 0.429. The lowest BCUT2D eigenvalue weighted by molar-refractivity contribution is -0.129. The molecule has 64 heavy (non-hydrogen) atoms. The van der Waals surface area contributed by atoms with Crippen molar-refractivity contribution in [1.82, 2.24) is 31.1 Å². The lowest BCUT2D eigenvalue weighted by Crippen LogP contribution is -2.38. The van der Waals surface area contributed by atoms with Crippen molar-refractivity contribution < 1.29 is 29.4 Å². The first-order chi connectivity index (χ1) is 30.9. The van der Waals surface area contributed by atoms with E-state index in [2.05, 4.69) is 115 Å². The molecule has 0 aliphatic carbocycles. The molecular weight excluding hydrogens is 829 g/mol. The predicted octanol–water partition coefficient (Wildman–Crippen LogP) is 8.46. The first kappa shape index (κ1) is 64.7. The van der Waals surface area contributed by atoms with E-state index in [1.165, 1.54) is 17.9 Å². The molecule has 0 spiro atoms. The maximum atomic E-state index is 12.3. The minimum atomic E-state index is -0.250. The van der Waals surface area contributed by atoms with Crippen molar-refractivity contribution in [2.45, 2.75) is 83.9 Å². The van der Waals surface area contributed by atoms with E-state index in [0.717, 1.165) is 63.1 Å². The third kappa shape index (κ3) is 26.5. The van der Waals surface area contributed by atoms with Crippen LogP contribution in [0.3, 0.4) is 0 Å². The van der Waals surface area contributed by atoms with Crippen LogP contribution >= 0.6 is 11.8 Å². The summed E-state index contributed by atoms with van der Waals surface area (Å²) in [6.07, 6.45) is 26.4. The highest BCUT2D eigenvalue weighted by atomic mass is 32.2. The van der Waals surface area contributed by atoms with E-state index in [9.17, 15) is 14.8 Å². The molecule has 1 heterocycles. The Balaban J connectivity index is -0.000000987. The fourth-order valence-corrected chi connectivity index (χ4v) is 6.26. The molecule has 0 unspecified atom stereocenters. The summed E-state index contributed by atoms with van der Waals surface area (Å²) in [6.45, 7) is 25.8. The number of fused-ring (bicyclic) bond motifs is 2. The van der Waals surface area contributed by atoms with Crippen LogP contribution < -0.4 is 26.3 Å². The minimum Gasteiger partial charge on any atom is -0.483 e. The normalized spacial score (nSPS) is 10.6. The summed E-state index contributed by atoms with van der Waals surface area (Å²) < 4.78 is 4.25. The molecule has 0 radical (unpaired) electrons. The van der Waals surface area contributed by atoms with Crippen molar-refractivity contribution >= 4 is 59.5 Å². The lowest BCUT2D eigenvalue weighted by Gasteiger charge is -2.29.